The van der Waals surface area contributed by atoms with E-state index in [-0.39, 0.29) is 5.91 Å². The van der Waals surface area contributed by atoms with Gasteiger partial charge in [0.15, 0.2) is 10.8 Å². The molecule has 0 aromatic carbocycles. The zero-order chi connectivity index (χ0) is 14.7. The van der Waals surface area contributed by atoms with Crippen LogP contribution < -0.4 is 0 Å². The van der Waals surface area contributed by atoms with Gasteiger partial charge in [0.25, 0.3) is 5.91 Å². The number of rotatable bonds is 3. The monoisotopic (exact) mass is 302 g/mol. The first-order chi connectivity index (χ1) is 10.3. The molecule has 3 heterocycles. The summed E-state index contributed by atoms with van der Waals surface area (Å²) in [7, 11) is 0. The average molecular weight is 302 g/mol. The van der Waals surface area contributed by atoms with Crippen molar-refractivity contribution < 1.29 is 4.79 Å². The molecule has 1 saturated heterocycles. The van der Waals surface area contributed by atoms with Gasteiger partial charge in [-0.1, -0.05) is 13.3 Å². The molecule has 1 aliphatic rings. The van der Waals surface area contributed by atoms with Gasteiger partial charge in [-0.15, -0.1) is 11.3 Å². The number of nitrogens with zero attached hydrogens (tertiary/aromatic N) is 4. The molecule has 1 fully saturated rings. The fourth-order valence-corrected chi connectivity index (χ4v) is 3.37. The van der Waals surface area contributed by atoms with Crippen molar-refractivity contribution >= 4 is 17.2 Å². The van der Waals surface area contributed by atoms with Crippen molar-refractivity contribution in [3.63, 3.8) is 0 Å². The van der Waals surface area contributed by atoms with E-state index in [0.29, 0.717) is 22.4 Å². The lowest BCUT2D eigenvalue weighted by Gasteiger charge is -2.31. The largest absolute Gasteiger partial charge is 0.337 e. The minimum Gasteiger partial charge on any atom is -0.337 e. The third-order valence-electron chi connectivity index (χ3n) is 3.86. The first-order valence-corrected chi connectivity index (χ1v) is 8.18. The molecule has 1 amide bonds. The molecule has 1 aliphatic heterocycles. The third-order valence-corrected chi connectivity index (χ3v) is 4.70. The Bertz CT molecular complexity index is 613. The molecule has 3 rings (SSSR count). The second-order valence-corrected chi connectivity index (χ2v) is 6.14. The molecule has 0 N–H and O–H groups in total. The van der Waals surface area contributed by atoms with Crippen LogP contribution in [0.3, 0.4) is 0 Å². The minimum absolute atomic E-state index is 0.0339. The second-order valence-electron chi connectivity index (χ2n) is 5.28. The summed E-state index contributed by atoms with van der Waals surface area (Å²) in [5, 5.41) is 2.51. The van der Waals surface area contributed by atoms with Gasteiger partial charge in [-0.25, -0.2) is 15.0 Å². The Balaban J connectivity index is 1.75. The molecule has 2 aromatic heterocycles. The molecule has 2 aromatic rings. The van der Waals surface area contributed by atoms with Gasteiger partial charge in [0.2, 0.25) is 0 Å². The number of hydrogen-bond donors (Lipinski definition) is 0. The van der Waals surface area contributed by atoms with E-state index in [1.54, 1.807) is 18.5 Å². The highest BCUT2D eigenvalue weighted by Crippen LogP contribution is 2.23. The molecule has 0 spiro atoms. The Hall–Kier alpha value is -1.82. The van der Waals surface area contributed by atoms with Crippen molar-refractivity contribution in [1.29, 1.82) is 0 Å². The number of likely N-dealkylation sites (tertiary alicyclic amines) is 1. The van der Waals surface area contributed by atoms with Gasteiger partial charge in [0.05, 0.1) is 0 Å². The summed E-state index contributed by atoms with van der Waals surface area (Å²) < 4.78 is 0. The maximum absolute atomic E-state index is 12.5. The predicted molar refractivity (Wildman–Crippen MR) is 82.1 cm³/mol. The van der Waals surface area contributed by atoms with E-state index in [4.69, 9.17) is 0 Å². The zero-order valence-corrected chi connectivity index (χ0v) is 12.8. The molecule has 110 valence electrons. The van der Waals surface area contributed by atoms with E-state index >= 15 is 0 Å². The second kappa shape index (κ2) is 6.30. The average Bonchev–Trinajstić information content (AvgIpc) is 3.05. The fourth-order valence-electron chi connectivity index (χ4n) is 2.63. The molecular weight excluding hydrogens is 284 g/mol. The highest BCUT2D eigenvalue weighted by molar-refractivity contribution is 7.13. The van der Waals surface area contributed by atoms with Crippen LogP contribution in [0.2, 0.25) is 0 Å². The number of carbonyl (C=O) groups is 1. The number of carbonyl (C=O) groups excluding carboxylic acids is 1. The van der Waals surface area contributed by atoms with E-state index in [9.17, 15) is 4.79 Å². The topological polar surface area (TPSA) is 59.0 Å². The number of amides is 1. The van der Waals surface area contributed by atoms with Crippen molar-refractivity contribution in [2.75, 3.05) is 13.1 Å². The smallest absolute Gasteiger partial charge is 0.273 e. The van der Waals surface area contributed by atoms with Gasteiger partial charge in [-0.2, -0.15) is 0 Å². The summed E-state index contributed by atoms with van der Waals surface area (Å²) in [5.41, 5.74) is 0.513. The third kappa shape index (κ3) is 3.10. The van der Waals surface area contributed by atoms with E-state index < -0.39 is 0 Å². The van der Waals surface area contributed by atoms with Gasteiger partial charge in [-0.05, 0) is 24.8 Å². The molecule has 0 aliphatic carbocycles. The zero-order valence-electron chi connectivity index (χ0n) is 12.0. The lowest BCUT2D eigenvalue weighted by Crippen LogP contribution is -2.39. The summed E-state index contributed by atoms with van der Waals surface area (Å²) >= 11 is 1.42. The SMILES string of the molecule is CCC1CCCN(C(=O)c2csc(-c3ncccn3)n2)C1. The normalized spacial score (nSPS) is 18.7. The van der Waals surface area contributed by atoms with E-state index in [1.165, 1.54) is 17.8 Å². The standard InChI is InChI=1S/C15H18N4OS/c1-2-11-5-3-8-19(9-11)15(20)12-10-21-14(18-12)13-16-6-4-7-17-13/h4,6-7,10-11H,2-3,5,8-9H2,1H3. The molecule has 6 heteroatoms. The quantitative estimate of drug-likeness (QED) is 0.874. The Kier molecular flexibility index (Phi) is 4.24. The summed E-state index contributed by atoms with van der Waals surface area (Å²) in [6.07, 6.45) is 6.80. The molecule has 5 nitrogen and oxygen atoms in total. The number of aromatic nitrogens is 3. The van der Waals surface area contributed by atoms with Crippen molar-refractivity contribution in [2.24, 2.45) is 5.92 Å². The first kappa shape index (κ1) is 14.1. The highest BCUT2D eigenvalue weighted by Gasteiger charge is 2.25. The number of thiazole rings is 1. The van der Waals surface area contributed by atoms with Gasteiger partial charge >= 0.3 is 0 Å². The number of piperidine rings is 1. The highest BCUT2D eigenvalue weighted by atomic mass is 32.1. The maximum Gasteiger partial charge on any atom is 0.273 e. The van der Waals surface area contributed by atoms with Crippen LogP contribution in [-0.4, -0.2) is 38.8 Å². The van der Waals surface area contributed by atoms with E-state index in [0.717, 1.165) is 25.9 Å². The number of hydrogen-bond acceptors (Lipinski definition) is 5. The van der Waals surface area contributed by atoms with Gasteiger partial charge in [0, 0.05) is 30.9 Å². The summed E-state index contributed by atoms with van der Waals surface area (Å²) in [4.78, 5) is 27.2. The van der Waals surface area contributed by atoms with Crippen molar-refractivity contribution in [1.82, 2.24) is 19.9 Å². The minimum atomic E-state index is 0.0339. The van der Waals surface area contributed by atoms with E-state index in [1.807, 2.05) is 10.3 Å². The van der Waals surface area contributed by atoms with Crippen molar-refractivity contribution in [3.05, 3.63) is 29.5 Å². The Morgan fingerprint density at radius 3 is 3.00 bits per heavy atom. The Morgan fingerprint density at radius 2 is 2.24 bits per heavy atom. The maximum atomic E-state index is 12.5. The summed E-state index contributed by atoms with van der Waals surface area (Å²) in [5.74, 6) is 1.23. The van der Waals surface area contributed by atoms with Crippen LogP contribution in [0.25, 0.3) is 10.8 Å². The fraction of sp³-hybridized carbons (Fsp3) is 0.467. The van der Waals surface area contributed by atoms with Gasteiger partial charge < -0.3 is 4.90 Å². The van der Waals surface area contributed by atoms with Crippen LogP contribution in [0.15, 0.2) is 23.8 Å². The van der Waals surface area contributed by atoms with Crippen molar-refractivity contribution in [3.8, 4) is 10.8 Å². The van der Waals surface area contributed by atoms with Crippen LogP contribution >= 0.6 is 11.3 Å². The van der Waals surface area contributed by atoms with Crippen LogP contribution in [0.1, 0.15) is 36.7 Å². The van der Waals surface area contributed by atoms with Gasteiger partial charge in [-0.3, -0.25) is 4.79 Å². The van der Waals surface area contributed by atoms with Gasteiger partial charge in [0.1, 0.15) is 5.69 Å². The lowest BCUT2D eigenvalue weighted by atomic mass is 9.95. The Morgan fingerprint density at radius 1 is 1.43 bits per heavy atom. The Labute approximate surface area is 128 Å². The molecule has 1 unspecified atom stereocenters. The molecule has 0 bridgehead atoms. The van der Waals surface area contributed by atoms with Crippen LogP contribution in [-0.2, 0) is 0 Å². The van der Waals surface area contributed by atoms with E-state index in [2.05, 4.69) is 21.9 Å². The molecule has 21 heavy (non-hydrogen) atoms. The van der Waals surface area contributed by atoms with Crippen LogP contribution in [0.4, 0.5) is 0 Å². The van der Waals surface area contributed by atoms with Crippen LogP contribution in [0.5, 0.6) is 0 Å². The summed E-state index contributed by atoms with van der Waals surface area (Å²) in [6.45, 7) is 3.88. The van der Waals surface area contributed by atoms with Crippen molar-refractivity contribution in [2.45, 2.75) is 26.2 Å². The molecule has 1 atom stereocenters. The molecular formula is C15H18N4OS. The molecule has 0 radical (unpaired) electrons. The predicted octanol–water partition coefficient (Wildman–Crippen LogP) is 2.86. The first-order valence-electron chi connectivity index (χ1n) is 7.30. The molecule has 0 saturated carbocycles. The lowest BCUT2D eigenvalue weighted by molar-refractivity contribution is 0.0666. The van der Waals surface area contributed by atoms with Crippen LogP contribution in [0, 0.1) is 5.92 Å². The summed E-state index contributed by atoms with van der Waals surface area (Å²) in [6, 6.07) is 1.77.